The molecule has 0 aliphatic carbocycles. The smallest absolute Gasteiger partial charge is 0.253 e. The molecule has 0 spiro atoms. The van der Waals surface area contributed by atoms with E-state index >= 15 is 0 Å². The first-order valence-electron chi connectivity index (χ1n) is 8.53. The number of imide groups is 1. The van der Waals surface area contributed by atoms with Crippen LogP contribution < -0.4 is 10.6 Å². The van der Waals surface area contributed by atoms with Gasteiger partial charge in [0, 0.05) is 31.0 Å². The van der Waals surface area contributed by atoms with E-state index in [1.54, 1.807) is 17.0 Å². The van der Waals surface area contributed by atoms with Crippen LogP contribution in [0.1, 0.15) is 36.0 Å². The largest absolute Gasteiger partial charge is 0.344 e. The van der Waals surface area contributed by atoms with Crippen molar-refractivity contribution in [3.8, 4) is 0 Å². The summed E-state index contributed by atoms with van der Waals surface area (Å²) in [5, 5.41) is 4.96. The van der Waals surface area contributed by atoms with E-state index < -0.39 is 11.9 Å². The summed E-state index contributed by atoms with van der Waals surface area (Å²) in [5.41, 5.74) is 0.647. The minimum absolute atomic E-state index is 0.0235. The Hall–Kier alpha value is -2.70. The van der Waals surface area contributed by atoms with Gasteiger partial charge in [-0.15, -0.1) is 0 Å². The maximum absolute atomic E-state index is 12.4. The third-order valence-electron chi connectivity index (χ3n) is 4.73. The number of nitrogens with zero attached hydrogens (tertiary/aromatic N) is 1. The number of rotatable bonds is 3. The van der Waals surface area contributed by atoms with Crippen molar-refractivity contribution in [3.05, 3.63) is 35.9 Å². The van der Waals surface area contributed by atoms with Crippen LogP contribution in [0.15, 0.2) is 30.3 Å². The fraction of sp³-hybridized carbons (Fsp3) is 0.444. The highest BCUT2D eigenvalue weighted by atomic mass is 16.2. The lowest BCUT2D eigenvalue weighted by Gasteiger charge is -2.32. The lowest BCUT2D eigenvalue weighted by molar-refractivity contribution is -0.138. The lowest BCUT2D eigenvalue weighted by Crippen LogP contribution is -2.54. The van der Waals surface area contributed by atoms with Gasteiger partial charge in [-0.1, -0.05) is 18.2 Å². The van der Waals surface area contributed by atoms with Crippen LogP contribution in [0.4, 0.5) is 0 Å². The van der Waals surface area contributed by atoms with E-state index in [0.29, 0.717) is 37.9 Å². The molecule has 1 unspecified atom stereocenters. The number of benzene rings is 1. The molecule has 3 rings (SSSR count). The topological polar surface area (TPSA) is 95.6 Å². The summed E-state index contributed by atoms with van der Waals surface area (Å²) in [5.74, 6) is -1.17. The quantitative estimate of drug-likeness (QED) is 0.780. The van der Waals surface area contributed by atoms with Gasteiger partial charge in [-0.2, -0.15) is 0 Å². The first-order chi connectivity index (χ1) is 12.0. The Kier molecular flexibility index (Phi) is 5.11. The molecule has 132 valence electrons. The van der Waals surface area contributed by atoms with Crippen molar-refractivity contribution in [2.45, 2.75) is 31.7 Å². The molecule has 0 radical (unpaired) electrons. The highest BCUT2D eigenvalue weighted by molar-refractivity contribution is 6.01. The zero-order valence-corrected chi connectivity index (χ0v) is 13.9. The van der Waals surface area contributed by atoms with Crippen molar-refractivity contribution in [2.24, 2.45) is 5.92 Å². The van der Waals surface area contributed by atoms with E-state index in [-0.39, 0.29) is 30.1 Å². The number of nitrogens with one attached hydrogen (secondary N) is 2. The first-order valence-corrected chi connectivity index (χ1v) is 8.53. The molecule has 2 heterocycles. The number of likely N-dealkylation sites (tertiary alicyclic amines) is 1. The van der Waals surface area contributed by atoms with Gasteiger partial charge in [-0.3, -0.25) is 24.5 Å². The highest BCUT2D eigenvalue weighted by Crippen LogP contribution is 2.20. The number of hydrogen-bond acceptors (Lipinski definition) is 4. The monoisotopic (exact) mass is 343 g/mol. The second-order valence-electron chi connectivity index (χ2n) is 6.44. The van der Waals surface area contributed by atoms with Crippen LogP contribution >= 0.6 is 0 Å². The molecule has 2 N–H and O–H groups in total. The molecule has 2 aliphatic heterocycles. The molecule has 1 atom stereocenters. The molecule has 7 heteroatoms. The Balaban J connectivity index is 1.50. The van der Waals surface area contributed by atoms with Gasteiger partial charge in [-0.25, -0.2) is 0 Å². The van der Waals surface area contributed by atoms with Gasteiger partial charge in [0.1, 0.15) is 6.04 Å². The third-order valence-corrected chi connectivity index (χ3v) is 4.73. The molecule has 4 amide bonds. The van der Waals surface area contributed by atoms with Crippen molar-refractivity contribution in [2.75, 3.05) is 13.1 Å². The molecule has 25 heavy (non-hydrogen) atoms. The fourth-order valence-electron chi connectivity index (χ4n) is 3.23. The summed E-state index contributed by atoms with van der Waals surface area (Å²) in [4.78, 5) is 49.4. The van der Waals surface area contributed by atoms with Gasteiger partial charge in [0.25, 0.3) is 5.91 Å². The molecule has 0 bridgehead atoms. The maximum atomic E-state index is 12.4. The minimum Gasteiger partial charge on any atom is -0.344 e. The molecule has 0 aromatic heterocycles. The molecule has 2 aliphatic rings. The molecule has 2 fully saturated rings. The van der Waals surface area contributed by atoms with Gasteiger partial charge >= 0.3 is 0 Å². The summed E-state index contributed by atoms with van der Waals surface area (Å²) >= 11 is 0. The molecule has 1 aromatic rings. The molecule has 7 nitrogen and oxygen atoms in total. The molecule has 2 saturated heterocycles. The van der Waals surface area contributed by atoms with Gasteiger partial charge in [0.05, 0.1) is 0 Å². The van der Waals surface area contributed by atoms with Crippen LogP contribution in [0.25, 0.3) is 0 Å². The summed E-state index contributed by atoms with van der Waals surface area (Å²) in [6, 6.07) is 8.44. The van der Waals surface area contributed by atoms with Gasteiger partial charge in [0.2, 0.25) is 17.7 Å². The predicted molar refractivity (Wildman–Crippen MR) is 89.4 cm³/mol. The maximum Gasteiger partial charge on any atom is 0.253 e. The van der Waals surface area contributed by atoms with Crippen molar-refractivity contribution >= 4 is 23.6 Å². The van der Waals surface area contributed by atoms with Crippen LogP contribution in [-0.2, 0) is 14.4 Å². The van der Waals surface area contributed by atoms with Gasteiger partial charge < -0.3 is 10.2 Å². The Labute approximate surface area is 145 Å². The van der Waals surface area contributed by atoms with Crippen LogP contribution in [-0.4, -0.2) is 47.7 Å². The summed E-state index contributed by atoms with van der Waals surface area (Å²) in [6.45, 7) is 1.03. The van der Waals surface area contributed by atoms with E-state index in [9.17, 15) is 19.2 Å². The zero-order chi connectivity index (χ0) is 17.8. The predicted octanol–water partition coefficient (Wildman–Crippen LogP) is 0.460. The molecular formula is C18H21N3O4. The average Bonchev–Trinajstić information content (AvgIpc) is 2.64. The van der Waals surface area contributed by atoms with E-state index in [4.69, 9.17) is 0 Å². The van der Waals surface area contributed by atoms with E-state index in [1.807, 2.05) is 18.2 Å². The third kappa shape index (κ3) is 4.04. The minimum atomic E-state index is -0.644. The normalized spacial score (nSPS) is 21.6. The Morgan fingerprint density at radius 3 is 2.36 bits per heavy atom. The standard InChI is InChI=1S/C18H21N3O4/c22-15-7-6-14(17(24)20-15)19-16(23)12-8-10-21(11-9-12)18(25)13-4-2-1-3-5-13/h1-5,12,14H,6-11H2,(H,19,23)(H,20,22,24). The van der Waals surface area contributed by atoms with Gasteiger partial charge in [0.15, 0.2) is 0 Å². The fourth-order valence-corrected chi connectivity index (χ4v) is 3.23. The highest BCUT2D eigenvalue weighted by Gasteiger charge is 2.32. The Bertz CT molecular complexity index is 681. The second-order valence-corrected chi connectivity index (χ2v) is 6.44. The van der Waals surface area contributed by atoms with Gasteiger partial charge in [-0.05, 0) is 31.4 Å². The number of carbonyl (C=O) groups is 4. The number of amides is 4. The van der Waals surface area contributed by atoms with Crippen molar-refractivity contribution < 1.29 is 19.2 Å². The zero-order valence-electron chi connectivity index (χ0n) is 13.9. The van der Waals surface area contributed by atoms with Crippen molar-refractivity contribution in [1.82, 2.24) is 15.5 Å². The van der Waals surface area contributed by atoms with Crippen molar-refractivity contribution in [3.63, 3.8) is 0 Å². The molecule has 0 saturated carbocycles. The van der Waals surface area contributed by atoms with Crippen LogP contribution in [0.3, 0.4) is 0 Å². The first kappa shape index (κ1) is 17.1. The van der Waals surface area contributed by atoms with Crippen molar-refractivity contribution in [1.29, 1.82) is 0 Å². The van der Waals surface area contributed by atoms with Crippen LogP contribution in [0, 0.1) is 5.92 Å². The molecular weight excluding hydrogens is 322 g/mol. The number of piperidine rings is 2. The van der Waals surface area contributed by atoms with Crippen LogP contribution in [0.2, 0.25) is 0 Å². The summed E-state index contributed by atoms with van der Waals surface area (Å²) in [6.07, 6.45) is 1.71. The van der Waals surface area contributed by atoms with E-state index in [2.05, 4.69) is 10.6 Å². The summed E-state index contributed by atoms with van der Waals surface area (Å²) < 4.78 is 0. The van der Waals surface area contributed by atoms with Crippen LogP contribution in [0.5, 0.6) is 0 Å². The number of hydrogen-bond donors (Lipinski definition) is 2. The summed E-state index contributed by atoms with van der Waals surface area (Å²) in [7, 11) is 0. The SMILES string of the molecule is O=C1CCC(NC(=O)C2CCN(C(=O)c3ccccc3)CC2)C(=O)N1. The number of carbonyl (C=O) groups excluding carboxylic acids is 4. The Morgan fingerprint density at radius 1 is 1.04 bits per heavy atom. The lowest BCUT2D eigenvalue weighted by atomic mass is 9.94. The molecule has 1 aromatic carbocycles. The average molecular weight is 343 g/mol. The second kappa shape index (κ2) is 7.46. The van der Waals surface area contributed by atoms with E-state index in [1.165, 1.54) is 0 Å². The van der Waals surface area contributed by atoms with E-state index in [0.717, 1.165) is 0 Å². The Morgan fingerprint density at radius 2 is 1.72 bits per heavy atom.